The number of benzene rings is 1. The van der Waals surface area contributed by atoms with Crippen LogP contribution in [0.2, 0.25) is 0 Å². The Hall–Kier alpha value is -1.06. The molecule has 1 rings (SSSR count). The van der Waals surface area contributed by atoms with Crippen molar-refractivity contribution in [2.45, 2.75) is 45.8 Å². The smallest absolute Gasteiger partial charge is 0.124 e. The molecule has 1 aromatic rings. The van der Waals surface area contributed by atoms with Gasteiger partial charge in [0.05, 0.1) is 5.60 Å². The Balaban J connectivity index is 2.79. The molecule has 2 atom stereocenters. The van der Waals surface area contributed by atoms with Gasteiger partial charge in [-0.15, -0.1) is 0 Å². The molecule has 0 saturated heterocycles. The summed E-state index contributed by atoms with van der Waals surface area (Å²) in [6.07, 6.45) is 0.862. The molecule has 0 radical (unpaired) electrons. The summed E-state index contributed by atoms with van der Waals surface area (Å²) in [5.74, 6) is 0.914. The molecule has 0 aliphatic rings. The molecule has 18 heavy (non-hydrogen) atoms. The molecule has 0 saturated carbocycles. The van der Waals surface area contributed by atoms with E-state index in [0.717, 1.165) is 17.7 Å². The predicted molar refractivity (Wildman–Crippen MR) is 74.6 cm³/mol. The highest BCUT2D eigenvalue weighted by molar-refractivity contribution is 5.35. The lowest BCUT2D eigenvalue weighted by Gasteiger charge is -2.28. The predicted octanol–water partition coefficient (Wildman–Crippen LogP) is 2.88. The zero-order valence-corrected chi connectivity index (χ0v) is 11.8. The Labute approximate surface area is 110 Å². The van der Waals surface area contributed by atoms with Crippen LogP contribution in [0.4, 0.5) is 0 Å². The van der Waals surface area contributed by atoms with Gasteiger partial charge in [0.15, 0.2) is 0 Å². The number of ether oxygens (including phenoxy) is 1. The largest absolute Gasteiger partial charge is 0.490 e. The molecule has 3 nitrogen and oxygen atoms in total. The SMILES string of the molecule is CC[C@H](N)c1ccccc1OCC(C)(O)C(C)C. The first-order valence-electron chi connectivity index (χ1n) is 6.58. The molecule has 3 N–H and O–H groups in total. The number of aliphatic hydroxyl groups is 1. The van der Waals surface area contributed by atoms with Crippen molar-refractivity contribution in [1.29, 1.82) is 0 Å². The maximum absolute atomic E-state index is 10.2. The van der Waals surface area contributed by atoms with Crippen molar-refractivity contribution in [3.05, 3.63) is 29.8 Å². The topological polar surface area (TPSA) is 55.5 Å². The van der Waals surface area contributed by atoms with E-state index in [0.29, 0.717) is 0 Å². The van der Waals surface area contributed by atoms with Crippen LogP contribution >= 0.6 is 0 Å². The van der Waals surface area contributed by atoms with Crippen molar-refractivity contribution in [2.24, 2.45) is 11.7 Å². The van der Waals surface area contributed by atoms with E-state index >= 15 is 0 Å². The molecule has 0 fully saturated rings. The van der Waals surface area contributed by atoms with Gasteiger partial charge in [0, 0.05) is 11.6 Å². The molecule has 0 aliphatic carbocycles. The van der Waals surface area contributed by atoms with Crippen molar-refractivity contribution < 1.29 is 9.84 Å². The number of rotatable bonds is 6. The van der Waals surface area contributed by atoms with Crippen LogP contribution in [0.15, 0.2) is 24.3 Å². The third-order valence-electron chi connectivity index (χ3n) is 3.52. The lowest BCUT2D eigenvalue weighted by Crippen LogP contribution is -2.38. The van der Waals surface area contributed by atoms with Crippen molar-refractivity contribution in [2.75, 3.05) is 6.61 Å². The fourth-order valence-electron chi connectivity index (χ4n) is 1.53. The van der Waals surface area contributed by atoms with Crippen molar-refractivity contribution in [3.8, 4) is 5.75 Å². The molecule has 0 aromatic heterocycles. The maximum atomic E-state index is 10.2. The second-order valence-corrected chi connectivity index (χ2v) is 5.35. The summed E-state index contributed by atoms with van der Waals surface area (Å²) in [6.45, 7) is 8.07. The van der Waals surface area contributed by atoms with Crippen LogP contribution in [0.25, 0.3) is 0 Å². The van der Waals surface area contributed by atoms with Gasteiger partial charge in [-0.05, 0) is 25.3 Å². The number of para-hydroxylation sites is 1. The zero-order chi connectivity index (χ0) is 13.8. The first-order chi connectivity index (χ1) is 8.38. The molecule has 0 bridgehead atoms. The molecule has 3 heteroatoms. The molecule has 0 heterocycles. The van der Waals surface area contributed by atoms with Gasteiger partial charge in [0.2, 0.25) is 0 Å². The summed E-state index contributed by atoms with van der Waals surface area (Å²) < 4.78 is 5.76. The zero-order valence-electron chi connectivity index (χ0n) is 11.8. The first kappa shape index (κ1) is 15.0. The minimum absolute atomic E-state index is 0.0230. The highest BCUT2D eigenvalue weighted by Crippen LogP contribution is 2.27. The maximum Gasteiger partial charge on any atom is 0.124 e. The molecule has 0 aliphatic heterocycles. The van der Waals surface area contributed by atoms with Crippen LogP contribution in [0.3, 0.4) is 0 Å². The highest BCUT2D eigenvalue weighted by Gasteiger charge is 2.26. The van der Waals surface area contributed by atoms with E-state index in [9.17, 15) is 5.11 Å². The molecule has 1 unspecified atom stereocenters. The summed E-state index contributed by atoms with van der Waals surface area (Å²) >= 11 is 0. The van der Waals surface area contributed by atoms with Gasteiger partial charge < -0.3 is 15.6 Å². The molecular formula is C15H25NO2. The third-order valence-corrected chi connectivity index (χ3v) is 3.52. The van der Waals surface area contributed by atoms with E-state index in [1.54, 1.807) is 6.92 Å². The van der Waals surface area contributed by atoms with E-state index in [1.165, 1.54) is 0 Å². The molecule has 0 amide bonds. The Morgan fingerprint density at radius 1 is 1.33 bits per heavy atom. The normalized spacial score (nSPS) is 16.4. The van der Waals surface area contributed by atoms with E-state index in [2.05, 4.69) is 0 Å². The van der Waals surface area contributed by atoms with Crippen molar-refractivity contribution >= 4 is 0 Å². The van der Waals surface area contributed by atoms with Crippen LogP contribution in [0.5, 0.6) is 5.75 Å². The van der Waals surface area contributed by atoms with Crippen LogP contribution in [-0.4, -0.2) is 17.3 Å². The summed E-state index contributed by atoms with van der Waals surface area (Å²) in [7, 11) is 0. The van der Waals surface area contributed by atoms with Crippen molar-refractivity contribution in [1.82, 2.24) is 0 Å². The monoisotopic (exact) mass is 251 g/mol. The number of hydrogen-bond acceptors (Lipinski definition) is 3. The molecular weight excluding hydrogens is 226 g/mol. The van der Waals surface area contributed by atoms with Gasteiger partial charge in [-0.3, -0.25) is 0 Å². The third kappa shape index (κ3) is 3.72. The van der Waals surface area contributed by atoms with Gasteiger partial charge in [-0.1, -0.05) is 39.0 Å². The average molecular weight is 251 g/mol. The van der Waals surface area contributed by atoms with Crippen LogP contribution in [-0.2, 0) is 0 Å². The van der Waals surface area contributed by atoms with Crippen LogP contribution < -0.4 is 10.5 Å². The Kier molecular flexibility index (Phi) is 5.17. The fraction of sp³-hybridized carbons (Fsp3) is 0.600. The first-order valence-corrected chi connectivity index (χ1v) is 6.58. The minimum Gasteiger partial charge on any atom is -0.490 e. The second kappa shape index (κ2) is 6.21. The van der Waals surface area contributed by atoms with Crippen LogP contribution in [0, 0.1) is 5.92 Å². The second-order valence-electron chi connectivity index (χ2n) is 5.35. The molecule has 1 aromatic carbocycles. The van der Waals surface area contributed by atoms with E-state index in [-0.39, 0.29) is 18.6 Å². The minimum atomic E-state index is -0.830. The van der Waals surface area contributed by atoms with Gasteiger partial charge in [0.1, 0.15) is 12.4 Å². The van der Waals surface area contributed by atoms with E-state index < -0.39 is 5.60 Å². The van der Waals surface area contributed by atoms with Gasteiger partial charge >= 0.3 is 0 Å². The summed E-state index contributed by atoms with van der Waals surface area (Å²) in [6, 6.07) is 7.74. The van der Waals surface area contributed by atoms with E-state index in [4.69, 9.17) is 10.5 Å². The van der Waals surface area contributed by atoms with Gasteiger partial charge in [-0.2, -0.15) is 0 Å². The molecule has 102 valence electrons. The quantitative estimate of drug-likeness (QED) is 0.817. The average Bonchev–Trinajstić information content (AvgIpc) is 2.35. The summed E-state index contributed by atoms with van der Waals surface area (Å²) in [5.41, 5.74) is 6.22. The number of nitrogens with two attached hydrogens (primary N) is 1. The lowest BCUT2D eigenvalue weighted by atomic mass is 9.93. The number of hydrogen-bond donors (Lipinski definition) is 2. The lowest BCUT2D eigenvalue weighted by molar-refractivity contribution is -0.0269. The standard InChI is InChI=1S/C15H25NO2/c1-5-13(16)12-8-6-7-9-14(12)18-10-15(4,17)11(2)3/h6-9,11,13,17H,5,10,16H2,1-4H3/t13-,15?/m0/s1. The summed E-state index contributed by atoms with van der Waals surface area (Å²) in [5, 5.41) is 10.2. The van der Waals surface area contributed by atoms with Crippen LogP contribution in [0.1, 0.15) is 45.7 Å². The Bertz CT molecular complexity index is 375. The highest BCUT2D eigenvalue weighted by atomic mass is 16.5. The Morgan fingerprint density at radius 3 is 2.50 bits per heavy atom. The van der Waals surface area contributed by atoms with Gasteiger partial charge in [0.25, 0.3) is 0 Å². The van der Waals surface area contributed by atoms with Gasteiger partial charge in [-0.25, -0.2) is 0 Å². The van der Waals surface area contributed by atoms with E-state index in [1.807, 2.05) is 45.0 Å². The summed E-state index contributed by atoms with van der Waals surface area (Å²) in [4.78, 5) is 0. The molecule has 0 spiro atoms. The fourth-order valence-corrected chi connectivity index (χ4v) is 1.53. The Morgan fingerprint density at radius 2 is 1.94 bits per heavy atom. The van der Waals surface area contributed by atoms with Crippen molar-refractivity contribution in [3.63, 3.8) is 0 Å².